The maximum absolute atomic E-state index is 11.4. The average molecular weight is 320 g/mol. The Bertz CT molecular complexity index is 840. The molecule has 3 heterocycles. The molecular weight excluding hydrogens is 308 g/mol. The summed E-state index contributed by atoms with van der Waals surface area (Å²) in [5.74, 6) is -0.00310. The Labute approximate surface area is 129 Å². The molecule has 0 aliphatic carbocycles. The van der Waals surface area contributed by atoms with Crippen LogP contribution in [0.15, 0.2) is 24.9 Å². The molecule has 0 saturated carbocycles. The van der Waals surface area contributed by atoms with Crippen LogP contribution in [0.3, 0.4) is 0 Å². The number of Topliss-reactive ketones (excluding diaryl/α,β-unsaturated/α-hetero) is 1. The van der Waals surface area contributed by atoms with Gasteiger partial charge in [-0.2, -0.15) is 0 Å². The normalized spacial score (nSPS) is 9.95. The van der Waals surface area contributed by atoms with Crippen LogP contribution in [0.2, 0.25) is 0 Å². The lowest BCUT2D eigenvalue weighted by Crippen LogP contribution is -2.01. The summed E-state index contributed by atoms with van der Waals surface area (Å²) in [6.45, 7) is 1.80. The van der Waals surface area contributed by atoms with Crippen LogP contribution in [0.1, 0.15) is 23.8 Å². The Hall–Kier alpha value is -2.26. The SMILES string of the molecule is CCC(=O)c1ncnc2nc[nH]c12.S=c1cc[nH]c(=S)[nH]1. The third kappa shape index (κ3) is 3.86. The molecule has 0 atom stereocenters. The summed E-state index contributed by atoms with van der Waals surface area (Å²) >= 11 is 9.48. The molecule has 0 unspecified atom stereocenters. The highest BCUT2D eigenvalue weighted by Gasteiger charge is 2.11. The van der Waals surface area contributed by atoms with Gasteiger partial charge in [-0.3, -0.25) is 4.79 Å². The largest absolute Gasteiger partial charge is 0.341 e. The molecule has 0 fully saturated rings. The van der Waals surface area contributed by atoms with Crippen LogP contribution < -0.4 is 0 Å². The van der Waals surface area contributed by atoms with Crippen LogP contribution in [0, 0.1) is 9.41 Å². The molecule has 3 aromatic heterocycles. The molecule has 0 bridgehead atoms. The number of ketones is 1. The molecule has 0 radical (unpaired) electrons. The van der Waals surface area contributed by atoms with Gasteiger partial charge in [0.2, 0.25) is 0 Å². The Morgan fingerprint density at radius 3 is 2.67 bits per heavy atom. The van der Waals surface area contributed by atoms with Gasteiger partial charge in [0.05, 0.1) is 6.33 Å². The predicted molar refractivity (Wildman–Crippen MR) is 83.1 cm³/mol. The lowest BCUT2D eigenvalue weighted by atomic mass is 10.2. The van der Waals surface area contributed by atoms with Crippen molar-refractivity contribution < 1.29 is 4.79 Å². The smallest absolute Gasteiger partial charge is 0.183 e. The molecule has 7 nitrogen and oxygen atoms in total. The number of nitrogens with zero attached hydrogens (tertiary/aromatic N) is 3. The summed E-state index contributed by atoms with van der Waals surface area (Å²) in [6.07, 6.45) is 5.00. The first-order chi connectivity index (χ1) is 10.1. The van der Waals surface area contributed by atoms with Crippen molar-refractivity contribution in [3.63, 3.8) is 0 Å². The molecule has 0 spiro atoms. The van der Waals surface area contributed by atoms with E-state index in [1.165, 1.54) is 12.7 Å². The summed E-state index contributed by atoms with van der Waals surface area (Å²) in [5.41, 5.74) is 1.58. The summed E-state index contributed by atoms with van der Waals surface area (Å²) in [5, 5.41) is 0. The monoisotopic (exact) mass is 320 g/mol. The van der Waals surface area contributed by atoms with Gasteiger partial charge in [0, 0.05) is 12.6 Å². The first-order valence-electron chi connectivity index (χ1n) is 6.07. The molecule has 0 aliphatic heterocycles. The number of hydrogen-bond acceptors (Lipinski definition) is 6. The zero-order chi connectivity index (χ0) is 15.2. The van der Waals surface area contributed by atoms with E-state index in [0.29, 0.717) is 32.7 Å². The molecule has 3 rings (SSSR count). The molecule has 0 aliphatic rings. The number of rotatable bonds is 2. The van der Waals surface area contributed by atoms with Crippen molar-refractivity contribution >= 4 is 41.4 Å². The van der Waals surface area contributed by atoms with Crippen molar-refractivity contribution in [2.45, 2.75) is 13.3 Å². The zero-order valence-electron chi connectivity index (χ0n) is 11.1. The number of carbonyl (C=O) groups is 1. The third-order valence-corrected chi connectivity index (χ3v) is 2.95. The Balaban J connectivity index is 0.000000173. The Morgan fingerprint density at radius 1 is 1.24 bits per heavy atom. The number of imidazole rings is 1. The number of H-pyrrole nitrogens is 3. The fourth-order valence-electron chi connectivity index (χ4n) is 1.53. The standard InChI is InChI=1S/C8H8N4O.C4H4N2S2/c1-2-5(13)6-7-8(11-3-9-6)12-4-10-7;7-3-1-2-5-4(8)6-3/h3-4H,2H2,1H3,(H,9,10,11,12);1-2H,(H2,5,6,7,8). The highest BCUT2D eigenvalue weighted by Crippen LogP contribution is 2.10. The number of aromatic nitrogens is 6. The molecule has 0 amide bonds. The third-order valence-electron chi connectivity index (χ3n) is 2.49. The quantitative estimate of drug-likeness (QED) is 0.495. The van der Waals surface area contributed by atoms with Crippen LogP contribution in [0.5, 0.6) is 0 Å². The molecular formula is C12H12N6OS2. The maximum atomic E-state index is 11.4. The Morgan fingerprint density at radius 2 is 2.05 bits per heavy atom. The van der Waals surface area contributed by atoms with E-state index in [4.69, 9.17) is 24.4 Å². The van der Waals surface area contributed by atoms with Crippen LogP contribution in [-0.4, -0.2) is 35.7 Å². The van der Waals surface area contributed by atoms with Crippen LogP contribution in [0.25, 0.3) is 11.2 Å². The zero-order valence-corrected chi connectivity index (χ0v) is 12.7. The van der Waals surface area contributed by atoms with Crippen LogP contribution >= 0.6 is 24.4 Å². The number of carbonyl (C=O) groups excluding carboxylic acids is 1. The lowest BCUT2D eigenvalue weighted by molar-refractivity contribution is 0.0985. The van der Waals surface area contributed by atoms with Gasteiger partial charge in [-0.05, 0) is 18.3 Å². The summed E-state index contributed by atoms with van der Waals surface area (Å²) < 4.78 is 1.23. The summed E-state index contributed by atoms with van der Waals surface area (Å²) in [4.78, 5) is 31.5. The second-order valence-corrected chi connectivity index (χ2v) is 4.74. The maximum Gasteiger partial charge on any atom is 0.183 e. The average Bonchev–Trinajstić information content (AvgIpc) is 2.95. The topological polar surface area (TPSA) is 103 Å². The van der Waals surface area contributed by atoms with E-state index < -0.39 is 0 Å². The number of hydrogen-bond donors (Lipinski definition) is 3. The van der Waals surface area contributed by atoms with Crippen LogP contribution in [-0.2, 0) is 0 Å². The van der Waals surface area contributed by atoms with Gasteiger partial charge < -0.3 is 15.0 Å². The highest BCUT2D eigenvalue weighted by molar-refractivity contribution is 7.72. The van der Waals surface area contributed by atoms with Crippen molar-refractivity contribution in [1.29, 1.82) is 0 Å². The lowest BCUT2D eigenvalue weighted by Gasteiger charge is -1.96. The van der Waals surface area contributed by atoms with E-state index in [1.54, 1.807) is 19.2 Å². The van der Waals surface area contributed by atoms with Gasteiger partial charge >= 0.3 is 0 Å². The second-order valence-electron chi connectivity index (χ2n) is 3.90. The Kier molecular flexibility index (Phi) is 5.01. The van der Waals surface area contributed by atoms with E-state index in [0.717, 1.165) is 0 Å². The van der Waals surface area contributed by atoms with Crippen molar-refractivity contribution in [1.82, 2.24) is 29.9 Å². The minimum Gasteiger partial charge on any atom is -0.341 e. The first-order valence-corrected chi connectivity index (χ1v) is 6.88. The molecule has 21 heavy (non-hydrogen) atoms. The van der Waals surface area contributed by atoms with Gasteiger partial charge in [0.25, 0.3) is 0 Å². The van der Waals surface area contributed by atoms with E-state index in [-0.39, 0.29) is 5.78 Å². The van der Waals surface area contributed by atoms with Crippen molar-refractivity contribution in [3.05, 3.63) is 40.0 Å². The molecule has 0 saturated heterocycles. The molecule has 3 aromatic rings. The van der Waals surface area contributed by atoms with Crippen LogP contribution in [0.4, 0.5) is 0 Å². The van der Waals surface area contributed by atoms with E-state index in [2.05, 4.69) is 29.9 Å². The minimum atomic E-state index is -0.00310. The van der Waals surface area contributed by atoms with Gasteiger partial charge in [-0.15, -0.1) is 0 Å². The fourth-order valence-corrected chi connectivity index (χ4v) is 1.94. The number of fused-ring (bicyclic) bond motifs is 1. The predicted octanol–water partition coefficient (Wildman–Crippen LogP) is 2.75. The number of aromatic amines is 3. The molecule has 3 N–H and O–H groups in total. The van der Waals surface area contributed by atoms with E-state index >= 15 is 0 Å². The minimum absolute atomic E-state index is 0.00310. The highest BCUT2D eigenvalue weighted by atomic mass is 32.1. The summed E-state index contributed by atoms with van der Waals surface area (Å²) in [6, 6.07) is 1.74. The van der Waals surface area contributed by atoms with E-state index in [9.17, 15) is 4.79 Å². The van der Waals surface area contributed by atoms with E-state index in [1.807, 2.05) is 0 Å². The summed E-state index contributed by atoms with van der Waals surface area (Å²) in [7, 11) is 0. The van der Waals surface area contributed by atoms with Crippen molar-refractivity contribution in [2.24, 2.45) is 0 Å². The molecule has 108 valence electrons. The van der Waals surface area contributed by atoms with Crippen molar-refractivity contribution in [2.75, 3.05) is 0 Å². The molecule has 9 heteroatoms. The van der Waals surface area contributed by atoms with Crippen molar-refractivity contribution in [3.8, 4) is 0 Å². The number of nitrogens with one attached hydrogen (secondary N) is 3. The molecule has 0 aromatic carbocycles. The van der Waals surface area contributed by atoms with Gasteiger partial charge in [-0.1, -0.05) is 19.1 Å². The van der Waals surface area contributed by atoms with Gasteiger partial charge in [-0.25, -0.2) is 15.0 Å². The van der Waals surface area contributed by atoms with Gasteiger partial charge in [0.1, 0.15) is 22.2 Å². The first kappa shape index (κ1) is 15.1. The second kappa shape index (κ2) is 6.95. The van der Waals surface area contributed by atoms with Gasteiger partial charge in [0.15, 0.2) is 16.2 Å². The fraction of sp³-hybridized carbons (Fsp3) is 0.167.